The maximum Gasteiger partial charge on any atom is 0.416 e. The summed E-state index contributed by atoms with van der Waals surface area (Å²) in [5.74, 6) is 0. The van der Waals surface area contributed by atoms with Crippen LogP contribution in [0.15, 0.2) is 24.3 Å². The van der Waals surface area contributed by atoms with E-state index < -0.39 is 11.7 Å². The summed E-state index contributed by atoms with van der Waals surface area (Å²) in [4.78, 5) is 2.14. The van der Waals surface area contributed by atoms with Gasteiger partial charge in [-0.25, -0.2) is 0 Å². The van der Waals surface area contributed by atoms with Gasteiger partial charge in [-0.15, -0.1) is 0 Å². The molecule has 0 saturated carbocycles. The van der Waals surface area contributed by atoms with Crippen molar-refractivity contribution in [3.8, 4) is 0 Å². The van der Waals surface area contributed by atoms with Crippen LogP contribution in [0, 0.1) is 5.41 Å². The Morgan fingerprint density at radius 1 is 1.10 bits per heavy atom. The third-order valence-corrected chi connectivity index (χ3v) is 4.07. The molecule has 0 fully saturated rings. The molecule has 0 radical (unpaired) electrons. The van der Waals surface area contributed by atoms with Crippen molar-refractivity contribution in [3.05, 3.63) is 35.4 Å². The molecule has 21 heavy (non-hydrogen) atoms. The summed E-state index contributed by atoms with van der Waals surface area (Å²) >= 11 is 0. The van der Waals surface area contributed by atoms with Crippen LogP contribution < -0.4 is 5.73 Å². The molecule has 1 aromatic rings. The van der Waals surface area contributed by atoms with Crippen LogP contribution in [0.1, 0.15) is 44.9 Å². The minimum Gasteiger partial charge on any atom is -0.323 e. The van der Waals surface area contributed by atoms with Crippen LogP contribution in [0.25, 0.3) is 0 Å². The second kappa shape index (κ2) is 6.36. The van der Waals surface area contributed by atoms with E-state index in [4.69, 9.17) is 5.73 Å². The van der Waals surface area contributed by atoms with E-state index in [0.29, 0.717) is 12.6 Å². The van der Waals surface area contributed by atoms with Gasteiger partial charge in [0.2, 0.25) is 0 Å². The standard InChI is InChI=1S/C16H25F3N2/c1-11(15(2,3)4)21(5)10-14(20)12-6-8-13(9-7-12)16(17,18)19/h6-9,11,14H,10,20H2,1-5H3. The van der Waals surface area contributed by atoms with Gasteiger partial charge in [-0.1, -0.05) is 32.9 Å². The number of likely N-dealkylation sites (N-methyl/N-ethyl adjacent to an activating group) is 1. The lowest BCUT2D eigenvalue weighted by Crippen LogP contribution is -2.42. The van der Waals surface area contributed by atoms with E-state index in [2.05, 4.69) is 32.6 Å². The van der Waals surface area contributed by atoms with Gasteiger partial charge in [0.15, 0.2) is 0 Å². The fourth-order valence-corrected chi connectivity index (χ4v) is 2.15. The summed E-state index contributed by atoms with van der Waals surface area (Å²) in [6, 6.07) is 5.11. The predicted octanol–water partition coefficient (Wildman–Crippen LogP) is 4.07. The highest BCUT2D eigenvalue weighted by Crippen LogP contribution is 2.30. The smallest absolute Gasteiger partial charge is 0.323 e. The van der Waals surface area contributed by atoms with Gasteiger partial charge in [0.1, 0.15) is 0 Å². The van der Waals surface area contributed by atoms with E-state index in [9.17, 15) is 13.2 Å². The first kappa shape index (κ1) is 18.0. The largest absolute Gasteiger partial charge is 0.416 e. The lowest BCUT2D eigenvalue weighted by molar-refractivity contribution is -0.137. The van der Waals surface area contributed by atoms with Crippen LogP contribution in [0.4, 0.5) is 13.2 Å². The SMILES string of the molecule is CC(N(C)CC(N)c1ccc(C(F)(F)F)cc1)C(C)(C)C. The van der Waals surface area contributed by atoms with Gasteiger partial charge < -0.3 is 10.6 Å². The Hall–Kier alpha value is -1.07. The fraction of sp³-hybridized carbons (Fsp3) is 0.625. The zero-order valence-electron chi connectivity index (χ0n) is 13.3. The summed E-state index contributed by atoms with van der Waals surface area (Å²) in [5, 5.41) is 0. The number of alkyl halides is 3. The average molecular weight is 302 g/mol. The number of benzene rings is 1. The van der Waals surface area contributed by atoms with Crippen LogP contribution in [0.3, 0.4) is 0 Å². The molecule has 0 aliphatic rings. The van der Waals surface area contributed by atoms with Crippen molar-refractivity contribution in [1.82, 2.24) is 4.90 Å². The number of halogens is 3. The zero-order chi connectivity index (χ0) is 16.4. The molecule has 1 aromatic carbocycles. The molecule has 0 amide bonds. The zero-order valence-corrected chi connectivity index (χ0v) is 13.3. The fourth-order valence-electron chi connectivity index (χ4n) is 2.15. The van der Waals surface area contributed by atoms with E-state index in [-0.39, 0.29) is 11.5 Å². The third kappa shape index (κ3) is 5.00. The molecule has 0 aliphatic carbocycles. The van der Waals surface area contributed by atoms with E-state index in [1.165, 1.54) is 12.1 Å². The summed E-state index contributed by atoms with van der Waals surface area (Å²) in [7, 11) is 1.99. The number of hydrogen-bond acceptors (Lipinski definition) is 2. The maximum absolute atomic E-state index is 12.5. The molecule has 1 rings (SSSR count). The van der Waals surface area contributed by atoms with Crippen molar-refractivity contribution in [2.75, 3.05) is 13.6 Å². The van der Waals surface area contributed by atoms with E-state index in [1.807, 2.05) is 7.05 Å². The molecule has 5 heteroatoms. The van der Waals surface area contributed by atoms with Crippen LogP contribution in [-0.2, 0) is 6.18 Å². The van der Waals surface area contributed by atoms with Gasteiger partial charge in [-0.05, 0) is 37.1 Å². The van der Waals surface area contributed by atoms with Crippen molar-refractivity contribution in [2.45, 2.75) is 46.0 Å². The van der Waals surface area contributed by atoms with Crippen molar-refractivity contribution in [3.63, 3.8) is 0 Å². The molecule has 0 spiro atoms. The lowest BCUT2D eigenvalue weighted by Gasteiger charge is -2.36. The van der Waals surface area contributed by atoms with Crippen molar-refractivity contribution >= 4 is 0 Å². The van der Waals surface area contributed by atoms with Crippen LogP contribution in [-0.4, -0.2) is 24.5 Å². The molecule has 120 valence electrons. The lowest BCUT2D eigenvalue weighted by atomic mass is 9.87. The molecule has 2 nitrogen and oxygen atoms in total. The molecular weight excluding hydrogens is 277 g/mol. The van der Waals surface area contributed by atoms with Gasteiger partial charge in [0.05, 0.1) is 5.56 Å². The molecular formula is C16H25F3N2. The van der Waals surface area contributed by atoms with E-state index >= 15 is 0 Å². The highest BCUT2D eigenvalue weighted by atomic mass is 19.4. The van der Waals surface area contributed by atoms with Gasteiger partial charge in [-0.3, -0.25) is 0 Å². The molecule has 2 unspecified atom stereocenters. The predicted molar refractivity (Wildman–Crippen MR) is 79.9 cm³/mol. The third-order valence-electron chi connectivity index (χ3n) is 4.07. The molecule has 0 aromatic heterocycles. The average Bonchev–Trinajstić information content (AvgIpc) is 2.35. The van der Waals surface area contributed by atoms with Crippen LogP contribution in [0.5, 0.6) is 0 Å². The van der Waals surface area contributed by atoms with Crippen molar-refractivity contribution in [1.29, 1.82) is 0 Å². The van der Waals surface area contributed by atoms with Gasteiger partial charge in [-0.2, -0.15) is 13.2 Å². The monoisotopic (exact) mass is 302 g/mol. The number of hydrogen-bond donors (Lipinski definition) is 1. The van der Waals surface area contributed by atoms with E-state index in [1.54, 1.807) is 0 Å². The number of nitrogens with zero attached hydrogens (tertiary/aromatic N) is 1. The van der Waals surface area contributed by atoms with Crippen LogP contribution >= 0.6 is 0 Å². The highest BCUT2D eigenvalue weighted by molar-refractivity contribution is 5.26. The second-order valence-electron chi connectivity index (χ2n) is 6.71. The summed E-state index contributed by atoms with van der Waals surface area (Å²) in [5.41, 5.74) is 6.31. The Labute approximate surface area is 125 Å². The first-order chi connectivity index (χ1) is 9.43. The first-order valence-corrected chi connectivity index (χ1v) is 7.06. The molecule has 2 atom stereocenters. The summed E-state index contributed by atoms with van der Waals surface area (Å²) in [6.45, 7) is 9.18. The van der Waals surface area contributed by atoms with E-state index in [0.717, 1.165) is 17.7 Å². The minimum atomic E-state index is -4.31. The topological polar surface area (TPSA) is 29.3 Å². The summed E-state index contributed by atoms with van der Waals surface area (Å²) in [6.07, 6.45) is -4.31. The normalized spacial score (nSPS) is 16.1. The molecule has 0 heterocycles. The van der Waals surface area contributed by atoms with Crippen molar-refractivity contribution < 1.29 is 13.2 Å². The Kier molecular flexibility index (Phi) is 5.45. The quantitative estimate of drug-likeness (QED) is 0.908. The van der Waals surface area contributed by atoms with Crippen LogP contribution in [0.2, 0.25) is 0 Å². The molecule has 0 bridgehead atoms. The molecule has 0 aliphatic heterocycles. The summed E-state index contributed by atoms with van der Waals surface area (Å²) < 4.78 is 37.6. The maximum atomic E-state index is 12.5. The Balaban J connectivity index is 2.74. The minimum absolute atomic E-state index is 0.120. The first-order valence-electron chi connectivity index (χ1n) is 7.06. The highest BCUT2D eigenvalue weighted by Gasteiger charge is 2.30. The Morgan fingerprint density at radius 2 is 1.57 bits per heavy atom. The molecule has 0 saturated heterocycles. The van der Waals surface area contributed by atoms with Gasteiger partial charge in [0, 0.05) is 18.6 Å². The molecule has 2 N–H and O–H groups in total. The Morgan fingerprint density at radius 3 is 1.95 bits per heavy atom. The van der Waals surface area contributed by atoms with Gasteiger partial charge >= 0.3 is 6.18 Å². The number of rotatable bonds is 4. The van der Waals surface area contributed by atoms with Gasteiger partial charge in [0.25, 0.3) is 0 Å². The van der Waals surface area contributed by atoms with Crippen molar-refractivity contribution in [2.24, 2.45) is 11.1 Å². The number of nitrogens with two attached hydrogens (primary N) is 1. The Bertz CT molecular complexity index is 446. The second-order valence-corrected chi connectivity index (χ2v) is 6.71.